The van der Waals surface area contributed by atoms with Crippen LogP contribution in [0.1, 0.15) is 52.4 Å². The molecule has 3 heteroatoms. The molecule has 0 aromatic rings. The molecule has 0 unspecified atom stereocenters. The minimum absolute atomic E-state index is 0.0116. The van der Waals surface area contributed by atoms with Gasteiger partial charge in [0.1, 0.15) is 0 Å². The van der Waals surface area contributed by atoms with Crippen LogP contribution in [-0.4, -0.2) is 32.2 Å². The maximum Gasteiger partial charge on any atom is 0.157 e. The van der Waals surface area contributed by atoms with Crippen LogP contribution in [0.3, 0.4) is 0 Å². The van der Waals surface area contributed by atoms with E-state index in [9.17, 15) is 0 Å². The Kier molecular flexibility index (Phi) is 7.81. The fourth-order valence-electron chi connectivity index (χ4n) is 1.72. The smallest absolute Gasteiger partial charge is 0.157 e. The molecular weight excluding hydrogens is 204 g/mol. The van der Waals surface area contributed by atoms with Crippen molar-refractivity contribution < 1.29 is 14.2 Å². The highest BCUT2D eigenvalue weighted by molar-refractivity contribution is 4.65. The first-order chi connectivity index (χ1) is 7.86. The second kappa shape index (κ2) is 8.97. The fourth-order valence-corrected chi connectivity index (χ4v) is 1.72. The highest BCUT2D eigenvalue weighted by Crippen LogP contribution is 2.17. The van der Waals surface area contributed by atoms with Crippen LogP contribution in [-0.2, 0) is 14.2 Å². The Morgan fingerprint density at radius 3 is 2.25 bits per heavy atom. The zero-order chi connectivity index (χ0) is 11.6. The fraction of sp³-hybridized carbons (Fsp3) is 1.00. The van der Waals surface area contributed by atoms with Gasteiger partial charge in [0, 0.05) is 19.6 Å². The summed E-state index contributed by atoms with van der Waals surface area (Å²) in [7, 11) is 0. The summed E-state index contributed by atoms with van der Waals surface area (Å²) >= 11 is 0. The highest BCUT2D eigenvalue weighted by Gasteiger charge is 2.22. The average Bonchev–Trinajstić information content (AvgIpc) is 2.32. The Morgan fingerprint density at radius 2 is 1.69 bits per heavy atom. The van der Waals surface area contributed by atoms with Crippen molar-refractivity contribution >= 4 is 0 Å². The lowest BCUT2D eigenvalue weighted by molar-refractivity contribution is -0.194. The van der Waals surface area contributed by atoms with Gasteiger partial charge in [0.05, 0.1) is 12.7 Å². The van der Waals surface area contributed by atoms with Gasteiger partial charge in [0.15, 0.2) is 6.29 Å². The maximum absolute atomic E-state index is 5.72. The topological polar surface area (TPSA) is 27.7 Å². The van der Waals surface area contributed by atoms with E-state index >= 15 is 0 Å². The predicted octanol–water partition coefficient (Wildman–Crippen LogP) is 3.12. The molecule has 1 aliphatic rings. The Balaban J connectivity index is 2.00. The first kappa shape index (κ1) is 13.9. The standard InChI is InChI=1S/C13H26O3/c1-3-5-9-14-12-7-8-13(16-11-12)15-10-6-4-2/h12-13H,3-11H2,1-2H3/t12-,13-/m0/s1. The summed E-state index contributed by atoms with van der Waals surface area (Å²) in [6.07, 6.45) is 6.98. The van der Waals surface area contributed by atoms with Crippen molar-refractivity contribution in [2.45, 2.75) is 64.8 Å². The summed E-state index contributed by atoms with van der Waals surface area (Å²) < 4.78 is 17.0. The van der Waals surface area contributed by atoms with Gasteiger partial charge in [-0.05, 0) is 19.3 Å². The van der Waals surface area contributed by atoms with Crippen LogP contribution in [0.15, 0.2) is 0 Å². The maximum atomic E-state index is 5.72. The van der Waals surface area contributed by atoms with E-state index in [1.165, 1.54) is 12.8 Å². The molecule has 0 N–H and O–H groups in total. The molecule has 0 radical (unpaired) electrons. The minimum Gasteiger partial charge on any atom is -0.376 e. The van der Waals surface area contributed by atoms with Crippen molar-refractivity contribution in [2.75, 3.05) is 19.8 Å². The lowest BCUT2D eigenvalue weighted by Gasteiger charge is -2.29. The SMILES string of the molecule is CCCCO[C@H]1CC[C@@H](OCCCC)OC1. The summed E-state index contributed by atoms with van der Waals surface area (Å²) in [5.41, 5.74) is 0. The van der Waals surface area contributed by atoms with Gasteiger partial charge in [0.2, 0.25) is 0 Å². The molecule has 3 nitrogen and oxygen atoms in total. The van der Waals surface area contributed by atoms with E-state index in [2.05, 4.69) is 13.8 Å². The summed E-state index contributed by atoms with van der Waals surface area (Å²) in [4.78, 5) is 0. The van der Waals surface area contributed by atoms with Gasteiger partial charge >= 0.3 is 0 Å². The Hall–Kier alpha value is -0.120. The lowest BCUT2D eigenvalue weighted by atomic mass is 10.1. The van der Waals surface area contributed by atoms with E-state index in [1.807, 2.05) is 0 Å². The first-order valence-corrected chi connectivity index (χ1v) is 6.71. The monoisotopic (exact) mass is 230 g/mol. The van der Waals surface area contributed by atoms with Crippen LogP contribution in [0, 0.1) is 0 Å². The second-order valence-corrected chi connectivity index (χ2v) is 4.41. The van der Waals surface area contributed by atoms with Gasteiger partial charge in [-0.25, -0.2) is 0 Å². The molecule has 0 amide bonds. The molecule has 16 heavy (non-hydrogen) atoms. The third-order valence-electron chi connectivity index (χ3n) is 2.85. The third kappa shape index (κ3) is 5.83. The van der Waals surface area contributed by atoms with Crippen molar-refractivity contribution in [3.8, 4) is 0 Å². The minimum atomic E-state index is 0.0116. The van der Waals surface area contributed by atoms with Crippen molar-refractivity contribution in [3.05, 3.63) is 0 Å². The third-order valence-corrected chi connectivity index (χ3v) is 2.85. The quantitative estimate of drug-likeness (QED) is 0.600. The lowest BCUT2D eigenvalue weighted by Crippen LogP contribution is -2.33. The molecule has 0 aromatic heterocycles. The summed E-state index contributed by atoms with van der Waals surface area (Å²) in [5, 5.41) is 0. The summed E-state index contributed by atoms with van der Waals surface area (Å²) in [6.45, 7) is 6.73. The zero-order valence-corrected chi connectivity index (χ0v) is 10.7. The summed E-state index contributed by atoms with van der Waals surface area (Å²) in [5.74, 6) is 0. The predicted molar refractivity (Wildman–Crippen MR) is 64.5 cm³/mol. The van der Waals surface area contributed by atoms with Crippen molar-refractivity contribution in [2.24, 2.45) is 0 Å². The van der Waals surface area contributed by atoms with Gasteiger partial charge in [0.25, 0.3) is 0 Å². The molecule has 0 aromatic carbocycles. The molecule has 1 aliphatic heterocycles. The number of unbranched alkanes of at least 4 members (excludes halogenated alkanes) is 2. The van der Waals surface area contributed by atoms with E-state index in [0.717, 1.165) is 38.9 Å². The summed E-state index contributed by atoms with van der Waals surface area (Å²) in [6, 6.07) is 0. The van der Waals surface area contributed by atoms with Gasteiger partial charge in [-0.3, -0.25) is 0 Å². The van der Waals surface area contributed by atoms with Gasteiger partial charge in [-0.15, -0.1) is 0 Å². The number of ether oxygens (including phenoxy) is 3. The largest absolute Gasteiger partial charge is 0.376 e. The molecule has 0 spiro atoms. The second-order valence-electron chi connectivity index (χ2n) is 4.41. The van der Waals surface area contributed by atoms with Crippen LogP contribution < -0.4 is 0 Å². The van der Waals surface area contributed by atoms with Crippen molar-refractivity contribution in [1.29, 1.82) is 0 Å². The van der Waals surface area contributed by atoms with E-state index in [-0.39, 0.29) is 12.4 Å². The molecule has 2 atom stereocenters. The van der Waals surface area contributed by atoms with Gasteiger partial charge in [-0.1, -0.05) is 26.7 Å². The average molecular weight is 230 g/mol. The zero-order valence-electron chi connectivity index (χ0n) is 10.7. The number of hydrogen-bond donors (Lipinski definition) is 0. The number of hydrogen-bond acceptors (Lipinski definition) is 3. The van der Waals surface area contributed by atoms with E-state index < -0.39 is 0 Å². The van der Waals surface area contributed by atoms with E-state index in [1.54, 1.807) is 0 Å². The van der Waals surface area contributed by atoms with E-state index in [4.69, 9.17) is 14.2 Å². The van der Waals surface area contributed by atoms with E-state index in [0.29, 0.717) is 6.61 Å². The normalized spacial score (nSPS) is 25.9. The Bertz CT molecular complexity index is 135. The van der Waals surface area contributed by atoms with Gasteiger partial charge < -0.3 is 14.2 Å². The van der Waals surface area contributed by atoms with Gasteiger partial charge in [-0.2, -0.15) is 0 Å². The molecule has 0 bridgehead atoms. The van der Waals surface area contributed by atoms with Crippen LogP contribution in [0.2, 0.25) is 0 Å². The highest BCUT2D eigenvalue weighted by atomic mass is 16.7. The number of rotatable bonds is 8. The van der Waals surface area contributed by atoms with Crippen molar-refractivity contribution in [3.63, 3.8) is 0 Å². The Morgan fingerprint density at radius 1 is 1.00 bits per heavy atom. The van der Waals surface area contributed by atoms with Crippen LogP contribution in [0.5, 0.6) is 0 Å². The molecule has 0 saturated carbocycles. The molecule has 96 valence electrons. The first-order valence-electron chi connectivity index (χ1n) is 6.71. The van der Waals surface area contributed by atoms with Crippen LogP contribution >= 0.6 is 0 Å². The molecule has 0 aliphatic carbocycles. The molecule has 1 rings (SSSR count). The van der Waals surface area contributed by atoms with Crippen LogP contribution in [0.25, 0.3) is 0 Å². The Labute approximate surface area is 99.5 Å². The van der Waals surface area contributed by atoms with Crippen LogP contribution in [0.4, 0.5) is 0 Å². The molecule has 1 heterocycles. The molecular formula is C13H26O3. The molecule has 1 fully saturated rings. The van der Waals surface area contributed by atoms with Crippen molar-refractivity contribution in [1.82, 2.24) is 0 Å². The molecule has 1 saturated heterocycles.